The largest absolute Gasteiger partial charge is 0.447 e. The van der Waals surface area contributed by atoms with E-state index < -0.39 is 5.97 Å². The van der Waals surface area contributed by atoms with Crippen LogP contribution in [0.15, 0.2) is 47.4 Å². The molecule has 2 aromatic rings. The molecule has 0 aliphatic heterocycles. The third-order valence-corrected chi connectivity index (χ3v) is 4.40. The van der Waals surface area contributed by atoms with E-state index in [1.165, 1.54) is 16.0 Å². The van der Waals surface area contributed by atoms with Crippen LogP contribution in [-0.4, -0.2) is 12.6 Å². The first-order chi connectivity index (χ1) is 10.6. The van der Waals surface area contributed by atoms with Crippen LogP contribution in [0, 0.1) is 25.2 Å². The van der Waals surface area contributed by atoms with E-state index in [9.17, 15) is 4.79 Å². The van der Waals surface area contributed by atoms with E-state index in [1.54, 1.807) is 23.9 Å². The predicted octanol–water partition coefficient (Wildman–Crippen LogP) is 4.28. The van der Waals surface area contributed by atoms with Gasteiger partial charge in [-0.05, 0) is 43.2 Å². The zero-order chi connectivity index (χ0) is 15.9. The Morgan fingerprint density at radius 1 is 1.23 bits per heavy atom. The molecule has 112 valence electrons. The lowest BCUT2D eigenvalue weighted by Crippen LogP contribution is -2.05. The van der Waals surface area contributed by atoms with E-state index >= 15 is 0 Å². The van der Waals surface area contributed by atoms with Gasteiger partial charge in [0.15, 0.2) is 6.61 Å². The molecule has 0 aliphatic rings. The van der Waals surface area contributed by atoms with Gasteiger partial charge < -0.3 is 4.74 Å². The number of thioether (sulfide) groups is 1. The summed E-state index contributed by atoms with van der Waals surface area (Å²) in [5.41, 5.74) is 4.05. The van der Waals surface area contributed by atoms with Crippen molar-refractivity contribution in [2.45, 2.75) is 24.5 Å². The Labute approximate surface area is 134 Å². The SMILES string of the molecule is Cc1ccc(SCc2cccc(C(=O)OCC#N)c2)c(C)c1. The van der Waals surface area contributed by atoms with E-state index in [1.807, 2.05) is 18.2 Å². The highest BCUT2D eigenvalue weighted by Crippen LogP contribution is 2.27. The van der Waals surface area contributed by atoms with E-state index in [0.29, 0.717) is 5.56 Å². The molecule has 0 saturated heterocycles. The zero-order valence-electron chi connectivity index (χ0n) is 12.6. The normalized spacial score (nSPS) is 10.0. The molecule has 0 unspecified atom stereocenters. The van der Waals surface area contributed by atoms with Crippen LogP contribution in [0.3, 0.4) is 0 Å². The van der Waals surface area contributed by atoms with Gasteiger partial charge in [-0.15, -0.1) is 11.8 Å². The van der Waals surface area contributed by atoms with Crippen molar-refractivity contribution in [1.82, 2.24) is 0 Å². The van der Waals surface area contributed by atoms with Crippen molar-refractivity contribution in [3.8, 4) is 6.07 Å². The maximum atomic E-state index is 11.7. The van der Waals surface area contributed by atoms with Gasteiger partial charge in [-0.25, -0.2) is 4.79 Å². The van der Waals surface area contributed by atoms with Gasteiger partial charge in [0.2, 0.25) is 0 Å². The Morgan fingerprint density at radius 2 is 2.05 bits per heavy atom. The molecular weight excluding hydrogens is 294 g/mol. The standard InChI is InChI=1S/C18H17NO2S/c1-13-6-7-17(14(2)10-13)22-12-15-4-3-5-16(11-15)18(20)21-9-8-19/h3-7,10-11H,9,12H2,1-2H3. The second kappa shape index (κ2) is 7.67. The van der Waals surface area contributed by atoms with Crippen LogP contribution in [-0.2, 0) is 10.5 Å². The van der Waals surface area contributed by atoms with E-state index in [0.717, 1.165) is 11.3 Å². The van der Waals surface area contributed by atoms with Crippen molar-refractivity contribution >= 4 is 17.7 Å². The lowest BCUT2D eigenvalue weighted by atomic mass is 10.1. The summed E-state index contributed by atoms with van der Waals surface area (Å²) in [5.74, 6) is 0.323. The molecule has 0 fully saturated rings. The van der Waals surface area contributed by atoms with Crippen LogP contribution in [0.4, 0.5) is 0 Å². The third-order valence-electron chi connectivity index (χ3n) is 3.16. The summed E-state index contributed by atoms with van der Waals surface area (Å²) in [6.07, 6.45) is 0. The molecule has 0 saturated carbocycles. The molecule has 0 spiro atoms. The molecule has 2 aromatic carbocycles. The zero-order valence-corrected chi connectivity index (χ0v) is 13.4. The number of nitrogens with zero attached hydrogens (tertiary/aromatic N) is 1. The van der Waals surface area contributed by atoms with E-state index in [-0.39, 0.29) is 6.61 Å². The summed E-state index contributed by atoms with van der Waals surface area (Å²) in [4.78, 5) is 13.0. The summed E-state index contributed by atoms with van der Waals surface area (Å²) in [6.45, 7) is 3.96. The van der Waals surface area contributed by atoms with Gasteiger partial charge in [0.05, 0.1) is 5.56 Å². The number of ether oxygens (including phenoxy) is 1. The number of esters is 1. The summed E-state index contributed by atoms with van der Waals surface area (Å²) in [7, 11) is 0. The summed E-state index contributed by atoms with van der Waals surface area (Å²) in [6, 6.07) is 15.5. The van der Waals surface area contributed by atoms with Crippen LogP contribution in [0.2, 0.25) is 0 Å². The lowest BCUT2D eigenvalue weighted by Gasteiger charge is -2.08. The molecule has 0 heterocycles. The Bertz CT molecular complexity index is 719. The molecule has 0 aromatic heterocycles. The van der Waals surface area contributed by atoms with Gasteiger partial charge >= 0.3 is 5.97 Å². The maximum absolute atomic E-state index is 11.7. The van der Waals surface area contributed by atoms with Crippen molar-refractivity contribution in [2.24, 2.45) is 0 Å². The van der Waals surface area contributed by atoms with Gasteiger partial charge in [0, 0.05) is 10.6 Å². The monoisotopic (exact) mass is 311 g/mol. The van der Waals surface area contributed by atoms with Gasteiger partial charge in [-0.1, -0.05) is 29.8 Å². The van der Waals surface area contributed by atoms with Crippen LogP contribution in [0.25, 0.3) is 0 Å². The fourth-order valence-corrected chi connectivity index (χ4v) is 3.04. The average Bonchev–Trinajstić information content (AvgIpc) is 2.52. The fraction of sp³-hybridized carbons (Fsp3) is 0.222. The number of rotatable bonds is 5. The quantitative estimate of drug-likeness (QED) is 0.611. The molecule has 0 amide bonds. The molecule has 4 heteroatoms. The molecule has 0 aliphatic carbocycles. The van der Waals surface area contributed by atoms with Crippen molar-refractivity contribution in [2.75, 3.05) is 6.61 Å². The highest BCUT2D eigenvalue weighted by atomic mass is 32.2. The number of carbonyl (C=O) groups excluding carboxylic acids is 1. The van der Waals surface area contributed by atoms with E-state index in [2.05, 4.69) is 32.0 Å². The van der Waals surface area contributed by atoms with Crippen molar-refractivity contribution in [3.05, 3.63) is 64.7 Å². The minimum atomic E-state index is -0.458. The molecule has 0 radical (unpaired) electrons. The van der Waals surface area contributed by atoms with Gasteiger partial charge in [0.1, 0.15) is 6.07 Å². The number of carbonyl (C=O) groups is 1. The molecule has 2 rings (SSSR count). The lowest BCUT2D eigenvalue weighted by molar-refractivity contribution is 0.0555. The first-order valence-corrected chi connectivity index (χ1v) is 7.92. The molecule has 0 atom stereocenters. The highest BCUT2D eigenvalue weighted by molar-refractivity contribution is 7.98. The first-order valence-electron chi connectivity index (χ1n) is 6.93. The number of aryl methyl sites for hydroxylation is 2. The van der Waals surface area contributed by atoms with Gasteiger partial charge in [-0.2, -0.15) is 5.26 Å². The minimum absolute atomic E-state index is 0.222. The van der Waals surface area contributed by atoms with Crippen LogP contribution in [0.1, 0.15) is 27.0 Å². The minimum Gasteiger partial charge on any atom is -0.447 e. The number of nitriles is 1. The smallest absolute Gasteiger partial charge is 0.339 e. The Balaban J connectivity index is 2.04. The first kappa shape index (κ1) is 16.1. The molecule has 22 heavy (non-hydrogen) atoms. The molecule has 0 N–H and O–H groups in total. The Hall–Kier alpha value is -2.25. The summed E-state index contributed by atoms with van der Waals surface area (Å²) < 4.78 is 4.82. The van der Waals surface area contributed by atoms with Crippen molar-refractivity contribution in [3.63, 3.8) is 0 Å². The number of benzene rings is 2. The van der Waals surface area contributed by atoms with E-state index in [4.69, 9.17) is 10.00 Å². The average molecular weight is 311 g/mol. The van der Waals surface area contributed by atoms with Gasteiger partial charge in [-0.3, -0.25) is 0 Å². The Kier molecular flexibility index (Phi) is 5.62. The topological polar surface area (TPSA) is 50.1 Å². The van der Waals surface area contributed by atoms with Gasteiger partial charge in [0.25, 0.3) is 0 Å². The number of hydrogen-bond acceptors (Lipinski definition) is 4. The van der Waals surface area contributed by atoms with Crippen molar-refractivity contribution in [1.29, 1.82) is 5.26 Å². The fourth-order valence-electron chi connectivity index (χ4n) is 2.09. The maximum Gasteiger partial charge on any atom is 0.339 e. The summed E-state index contributed by atoms with van der Waals surface area (Å²) in [5, 5.41) is 8.44. The second-order valence-electron chi connectivity index (χ2n) is 4.99. The van der Waals surface area contributed by atoms with Crippen LogP contribution in [0.5, 0.6) is 0 Å². The second-order valence-corrected chi connectivity index (χ2v) is 6.01. The highest BCUT2D eigenvalue weighted by Gasteiger charge is 2.08. The number of hydrogen-bond donors (Lipinski definition) is 0. The molecular formula is C18H17NO2S. The molecule has 0 bridgehead atoms. The van der Waals surface area contributed by atoms with Crippen LogP contribution < -0.4 is 0 Å². The van der Waals surface area contributed by atoms with Crippen molar-refractivity contribution < 1.29 is 9.53 Å². The molecule has 3 nitrogen and oxygen atoms in total. The third kappa shape index (κ3) is 4.37. The summed E-state index contributed by atoms with van der Waals surface area (Å²) >= 11 is 1.74. The van der Waals surface area contributed by atoms with Crippen LogP contribution >= 0.6 is 11.8 Å². The Morgan fingerprint density at radius 3 is 2.77 bits per heavy atom. The predicted molar refractivity (Wildman–Crippen MR) is 87.8 cm³/mol.